The SMILES string of the molecule is Fc1ccc(F)c(-c2ccc3nc(-c4cccnc4)nc(N4CCC4)c3c2)c1. The lowest BCUT2D eigenvalue weighted by Gasteiger charge is -2.33. The number of rotatable bonds is 3. The lowest BCUT2D eigenvalue weighted by atomic mass is 10.0. The second-order valence-corrected chi connectivity index (χ2v) is 6.81. The van der Waals surface area contributed by atoms with Gasteiger partial charge in [-0.3, -0.25) is 4.98 Å². The van der Waals surface area contributed by atoms with Crippen molar-refractivity contribution in [3.8, 4) is 22.5 Å². The van der Waals surface area contributed by atoms with Crippen molar-refractivity contribution in [1.29, 1.82) is 0 Å². The zero-order valence-corrected chi connectivity index (χ0v) is 14.9. The van der Waals surface area contributed by atoms with Crippen LogP contribution >= 0.6 is 0 Å². The molecule has 5 rings (SSSR count). The van der Waals surface area contributed by atoms with Gasteiger partial charge in [0, 0.05) is 42.0 Å². The molecule has 1 aliphatic heterocycles. The number of nitrogens with zero attached hydrogens (tertiary/aromatic N) is 4. The molecule has 0 atom stereocenters. The second-order valence-electron chi connectivity index (χ2n) is 6.81. The Morgan fingerprint density at radius 2 is 1.79 bits per heavy atom. The standard InChI is InChI=1S/C22H16F2N4/c23-16-5-6-19(24)17(12-16)14-4-7-20-18(11-14)22(28-9-2-10-28)27-21(26-20)15-3-1-8-25-13-15/h1,3-8,11-13H,2,9-10H2. The summed E-state index contributed by atoms with van der Waals surface area (Å²) in [6, 6.07) is 12.7. The summed E-state index contributed by atoms with van der Waals surface area (Å²) in [5.41, 5.74) is 2.43. The Kier molecular flexibility index (Phi) is 3.97. The molecule has 2 aromatic heterocycles. The quantitative estimate of drug-likeness (QED) is 0.514. The Bertz CT molecular complexity index is 1170. The first kappa shape index (κ1) is 16.7. The van der Waals surface area contributed by atoms with Crippen molar-refractivity contribution in [1.82, 2.24) is 15.0 Å². The van der Waals surface area contributed by atoms with E-state index in [1.807, 2.05) is 24.3 Å². The number of pyridine rings is 1. The number of anilines is 1. The van der Waals surface area contributed by atoms with Gasteiger partial charge >= 0.3 is 0 Å². The third-order valence-electron chi connectivity index (χ3n) is 4.99. The minimum absolute atomic E-state index is 0.229. The van der Waals surface area contributed by atoms with Gasteiger partial charge in [-0.05, 0) is 54.4 Å². The van der Waals surface area contributed by atoms with E-state index in [1.165, 1.54) is 6.07 Å². The molecule has 1 aliphatic rings. The molecule has 0 aliphatic carbocycles. The average Bonchev–Trinajstić information content (AvgIpc) is 2.69. The van der Waals surface area contributed by atoms with E-state index in [-0.39, 0.29) is 5.56 Å². The van der Waals surface area contributed by atoms with Gasteiger partial charge in [0.15, 0.2) is 5.82 Å². The van der Waals surface area contributed by atoms with Gasteiger partial charge in [0.1, 0.15) is 17.5 Å². The van der Waals surface area contributed by atoms with Crippen LogP contribution < -0.4 is 4.90 Å². The molecule has 0 radical (unpaired) electrons. The van der Waals surface area contributed by atoms with Gasteiger partial charge in [-0.15, -0.1) is 0 Å². The van der Waals surface area contributed by atoms with Crippen LogP contribution in [0, 0.1) is 11.6 Å². The Morgan fingerprint density at radius 1 is 0.893 bits per heavy atom. The minimum atomic E-state index is -0.470. The predicted molar refractivity (Wildman–Crippen MR) is 105 cm³/mol. The topological polar surface area (TPSA) is 41.9 Å². The molecule has 0 spiro atoms. The normalized spacial score (nSPS) is 13.6. The van der Waals surface area contributed by atoms with Gasteiger partial charge in [0.25, 0.3) is 0 Å². The summed E-state index contributed by atoms with van der Waals surface area (Å²) in [5.74, 6) is 0.489. The van der Waals surface area contributed by atoms with Crippen LogP contribution in [0.15, 0.2) is 60.9 Å². The van der Waals surface area contributed by atoms with Crippen LogP contribution in [0.25, 0.3) is 33.4 Å². The lowest BCUT2D eigenvalue weighted by molar-refractivity contribution is 0.603. The van der Waals surface area contributed by atoms with Crippen LogP contribution in [0.1, 0.15) is 6.42 Å². The van der Waals surface area contributed by atoms with Crippen molar-refractivity contribution in [3.05, 3.63) is 72.6 Å². The first-order valence-corrected chi connectivity index (χ1v) is 9.11. The Labute approximate surface area is 160 Å². The van der Waals surface area contributed by atoms with Gasteiger partial charge < -0.3 is 4.90 Å². The van der Waals surface area contributed by atoms with Crippen molar-refractivity contribution in [2.24, 2.45) is 0 Å². The fourth-order valence-corrected chi connectivity index (χ4v) is 3.39. The fraction of sp³-hybridized carbons (Fsp3) is 0.136. The van der Waals surface area contributed by atoms with Crippen molar-refractivity contribution >= 4 is 16.7 Å². The molecule has 0 bridgehead atoms. The molecule has 0 N–H and O–H groups in total. The Hall–Kier alpha value is -3.41. The summed E-state index contributed by atoms with van der Waals surface area (Å²) in [6.07, 6.45) is 4.55. The molecule has 138 valence electrons. The molecule has 0 unspecified atom stereocenters. The highest BCUT2D eigenvalue weighted by atomic mass is 19.1. The fourth-order valence-electron chi connectivity index (χ4n) is 3.39. The molecule has 28 heavy (non-hydrogen) atoms. The van der Waals surface area contributed by atoms with Crippen LogP contribution in [0.4, 0.5) is 14.6 Å². The van der Waals surface area contributed by atoms with Gasteiger partial charge in [0.2, 0.25) is 0 Å². The van der Waals surface area contributed by atoms with Gasteiger partial charge in [0.05, 0.1) is 5.52 Å². The van der Waals surface area contributed by atoms with Crippen molar-refractivity contribution in [2.75, 3.05) is 18.0 Å². The van der Waals surface area contributed by atoms with E-state index in [9.17, 15) is 8.78 Å². The lowest BCUT2D eigenvalue weighted by Crippen LogP contribution is -2.37. The Balaban J connectivity index is 1.71. The largest absolute Gasteiger partial charge is 0.356 e. The van der Waals surface area contributed by atoms with E-state index in [0.29, 0.717) is 11.4 Å². The predicted octanol–water partition coefficient (Wildman–Crippen LogP) is 4.85. The van der Waals surface area contributed by atoms with Crippen LogP contribution in [0.3, 0.4) is 0 Å². The monoisotopic (exact) mass is 374 g/mol. The van der Waals surface area contributed by atoms with E-state index >= 15 is 0 Å². The zero-order valence-electron chi connectivity index (χ0n) is 14.9. The zero-order chi connectivity index (χ0) is 19.1. The van der Waals surface area contributed by atoms with Crippen LogP contribution in [-0.4, -0.2) is 28.0 Å². The maximum Gasteiger partial charge on any atom is 0.163 e. The number of hydrogen-bond acceptors (Lipinski definition) is 4. The second kappa shape index (κ2) is 6.64. The third kappa shape index (κ3) is 2.87. The number of fused-ring (bicyclic) bond motifs is 1. The summed E-state index contributed by atoms with van der Waals surface area (Å²) in [7, 11) is 0. The van der Waals surface area contributed by atoms with Gasteiger partial charge in [-0.2, -0.15) is 0 Å². The highest BCUT2D eigenvalue weighted by Crippen LogP contribution is 2.34. The van der Waals surface area contributed by atoms with E-state index in [0.717, 1.165) is 53.9 Å². The van der Waals surface area contributed by atoms with Gasteiger partial charge in [-0.1, -0.05) is 6.07 Å². The summed E-state index contributed by atoms with van der Waals surface area (Å²) < 4.78 is 27.9. The average molecular weight is 374 g/mol. The molecule has 2 aromatic carbocycles. The van der Waals surface area contributed by atoms with Gasteiger partial charge in [-0.25, -0.2) is 18.7 Å². The number of aromatic nitrogens is 3. The molecular weight excluding hydrogens is 358 g/mol. The van der Waals surface area contributed by atoms with Crippen LogP contribution in [0.2, 0.25) is 0 Å². The summed E-state index contributed by atoms with van der Waals surface area (Å²) in [6.45, 7) is 1.83. The molecule has 3 heterocycles. The minimum Gasteiger partial charge on any atom is -0.356 e. The van der Waals surface area contributed by atoms with E-state index in [1.54, 1.807) is 18.5 Å². The molecular formula is C22H16F2N4. The van der Waals surface area contributed by atoms with E-state index in [4.69, 9.17) is 4.98 Å². The van der Waals surface area contributed by atoms with E-state index in [2.05, 4.69) is 14.9 Å². The first-order valence-electron chi connectivity index (χ1n) is 9.11. The number of benzene rings is 2. The van der Waals surface area contributed by atoms with Crippen LogP contribution in [0.5, 0.6) is 0 Å². The molecule has 4 aromatic rings. The molecule has 4 nitrogen and oxygen atoms in total. The highest BCUT2D eigenvalue weighted by Gasteiger charge is 2.21. The van der Waals surface area contributed by atoms with Crippen LogP contribution in [-0.2, 0) is 0 Å². The highest BCUT2D eigenvalue weighted by molar-refractivity contribution is 5.94. The maximum absolute atomic E-state index is 14.3. The first-order chi connectivity index (χ1) is 13.7. The smallest absolute Gasteiger partial charge is 0.163 e. The van der Waals surface area contributed by atoms with Crippen molar-refractivity contribution in [3.63, 3.8) is 0 Å². The maximum atomic E-state index is 14.3. The number of hydrogen-bond donors (Lipinski definition) is 0. The molecule has 0 saturated carbocycles. The molecule has 6 heteroatoms. The summed E-state index contributed by atoms with van der Waals surface area (Å²) in [4.78, 5) is 15.8. The number of halogens is 2. The third-order valence-corrected chi connectivity index (χ3v) is 4.99. The van der Waals surface area contributed by atoms with Crippen molar-refractivity contribution in [2.45, 2.75) is 6.42 Å². The van der Waals surface area contributed by atoms with Crippen molar-refractivity contribution < 1.29 is 8.78 Å². The summed E-state index contributed by atoms with van der Waals surface area (Å²) >= 11 is 0. The molecule has 1 fully saturated rings. The van der Waals surface area contributed by atoms with E-state index < -0.39 is 11.6 Å². The summed E-state index contributed by atoms with van der Waals surface area (Å²) in [5, 5.41) is 0.827. The Morgan fingerprint density at radius 3 is 2.54 bits per heavy atom. The molecule has 1 saturated heterocycles. The molecule has 0 amide bonds.